The van der Waals surface area contributed by atoms with E-state index in [-0.39, 0.29) is 35.0 Å². The fourth-order valence-electron chi connectivity index (χ4n) is 4.69. The van der Waals surface area contributed by atoms with E-state index in [1.807, 2.05) is 78.9 Å². The molecule has 2 saturated carbocycles. The van der Waals surface area contributed by atoms with Gasteiger partial charge >= 0.3 is 35.7 Å². The van der Waals surface area contributed by atoms with Crippen molar-refractivity contribution >= 4 is 18.1 Å². The van der Waals surface area contributed by atoms with Crippen LogP contribution in [0, 0.1) is 6.92 Å². The molecule has 4 aromatic rings. The first kappa shape index (κ1) is 27.8. The maximum atomic E-state index is 12.8. The molecule has 8 heteroatoms. The van der Waals surface area contributed by atoms with E-state index in [9.17, 15) is 9.59 Å². The quantitative estimate of drug-likeness (QED) is 0.297. The van der Waals surface area contributed by atoms with E-state index in [2.05, 4.69) is 16.8 Å². The van der Waals surface area contributed by atoms with Crippen LogP contribution in [-0.2, 0) is 20.5 Å². The van der Waals surface area contributed by atoms with E-state index in [0.717, 1.165) is 53.5 Å². The summed E-state index contributed by atoms with van der Waals surface area (Å²) in [6, 6.07) is 25.8. The number of aryl methyl sites for hydroxylation is 1. The Kier molecular flexibility index (Phi) is 7.95. The molecule has 0 saturated heterocycles. The number of nitrogens with zero attached hydrogens (tertiary/aromatic N) is 1. The Bertz CT molecular complexity index is 1420. The van der Waals surface area contributed by atoms with Gasteiger partial charge in [0.1, 0.15) is 17.0 Å². The largest absolute Gasteiger partial charge is 1.00 e. The fraction of sp³-hybridized carbons (Fsp3) is 0.233. The average molecular weight is 518 g/mol. The smallest absolute Gasteiger partial charge is 0.870 e. The first-order chi connectivity index (χ1) is 17.5. The second-order valence-electron chi connectivity index (χ2n) is 9.69. The van der Waals surface area contributed by atoms with Gasteiger partial charge in [-0.3, -0.25) is 11.6 Å². The third kappa shape index (κ3) is 5.20. The molecule has 0 unspecified atom stereocenters. The second kappa shape index (κ2) is 10.9. The minimum atomic E-state index is -0.559. The van der Waals surface area contributed by atoms with Gasteiger partial charge in [0.2, 0.25) is 0 Å². The first-order valence-electron chi connectivity index (χ1n) is 12.1. The van der Waals surface area contributed by atoms with Gasteiger partial charge in [-0.1, -0.05) is 102 Å². The van der Waals surface area contributed by atoms with Gasteiger partial charge in [0.25, 0.3) is 0 Å². The Morgan fingerprint density at radius 2 is 1.45 bits per heavy atom. The minimum absolute atomic E-state index is 0. The number of hydrogen-bond acceptors (Lipinski definition) is 6. The van der Waals surface area contributed by atoms with Crippen molar-refractivity contribution in [2.45, 2.75) is 43.6 Å². The van der Waals surface area contributed by atoms with Crippen molar-refractivity contribution in [3.8, 4) is 22.5 Å². The van der Waals surface area contributed by atoms with E-state index in [4.69, 9.17) is 9.26 Å². The van der Waals surface area contributed by atoms with Gasteiger partial charge in [-0.2, -0.15) is 0 Å². The topological polar surface area (TPSA) is 111 Å². The van der Waals surface area contributed by atoms with E-state index in [0.29, 0.717) is 17.1 Å². The molecule has 1 amide bonds. The van der Waals surface area contributed by atoms with E-state index < -0.39 is 17.1 Å². The summed E-state index contributed by atoms with van der Waals surface area (Å²) in [5, 5.41) is 6.92. The zero-order valence-electron chi connectivity index (χ0n) is 21.4. The summed E-state index contributed by atoms with van der Waals surface area (Å²) in [6.07, 6.45) is 5.02. The fourth-order valence-corrected chi connectivity index (χ4v) is 4.69. The molecule has 1 aromatic heterocycles. The third-order valence-corrected chi connectivity index (χ3v) is 7.25. The van der Waals surface area contributed by atoms with Crippen molar-refractivity contribution in [1.29, 1.82) is 0 Å². The summed E-state index contributed by atoms with van der Waals surface area (Å²) in [4.78, 5) is 24.1. The molecule has 2 N–H and O–H groups in total. The Hall–Kier alpha value is -3.23. The summed E-state index contributed by atoms with van der Waals surface area (Å²) in [7, 11) is 0. The van der Waals surface area contributed by atoms with Crippen molar-refractivity contribution in [3.63, 3.8) is 0 Å². The van der Waals surface area contributed by atoms with Crippen molar-refractivity contribution in [2.24, 2.45) is 0 Å². The molecule has 38 heavy (non-hydrogen) atoms. The molecule has 2 aliphatic carbocycles. The van der Waals surface area contributed by atoms with Crippen LogP contribution in [0.2, 0.25) is 0 Å². The summed E-state index contributed by atoms with van der Waals surface area (Å²) >= 11 is 0. The standard InChI is InChI=1S/C30H25N2O4.Na.H2O/c1-20-26(31-28(34)35-30(17-18-30)25-5-3-2-4-6-25)27(36-32-20)23-9-7-21(8-10-23)22-11-13-24(14-12-22)29(19-33)15-16-29;;/h2-14H,15-18H2,1H3,(H,31,34);;1H2/q-1;+1;/p-1. The van der Waals surface area contributed by atoms with Crippen LogP contribution in [0.5, 0.6) is 0 Å². The van der Waals surface area contributed by atoms with Gasteiger partial charge < -0.3 is 19.5 Å². The maximum absolute atomic E-state index is 12.8. The summed E-state index contributed by atoms with van der Waals surface area (Å²) < 4.78 is 11.4. The number of ether oxygens (including phenoxy) is 1. The molecule has 2 aliphatic rings. The SMILES string of the molecule is Cc1noc(-c2ccc(-c3ccc(C4([C-]=O)CC4)cc3)cc2)c1NC(=O)OC1(c2ccccc2)CC1.[Na+].[OH-]. The summed E-state index contributed by atoms with van der Waals surface area (Å²) in [6.45, 7) is 1.78. The van der Waals surface area contributed by atoms with E-state index in [1.54, 1.807) is 6.92 Å². The van der Waals surface area contributed by atoms with Crippen molar-refractivity contribution in [1.82, 2.24) is 5.16 Å². The van der Waals surface area contributed by atoms with Gasteiger partial charge in [0.15, 0.2) is 5.76 Å². The molecular formula is C30H26N2NaO5-. The maximum Gasteiger partial charge on any atom is 1.00 e. The van der Waals surface area contributed by atoms with E-state index in [1.165, 1.54) is 0 Å². The van der Waals surface area contributed by atoms with Crippen molar-refractivity contribution in [3.05, 3.63) is 95.7 Å². The van der Waals surface area contributed by atoms with Crippen molar-refractivity contribution < 1.29 is 53.9 Å². The molecule has 0 aliphatic heterocycles. The zero-order chi connectivity index (χ0) is 24.8. The molecule has 0 spiro atoms. The van der Waals surface area contributed by atoms with Crippen LogP contribution in [0.15, 0.2) is 83.4 Å². The third-order valence-electron chi connectivity index (χ3n) is 7.25. The Balaban J connectivity index is 0.00000168. The van der Waals surface area contributed by atoms with E-state index >= 15 is 0 Å². The zero-order valence-corrected chi connectivity index (χ0v) is 23.4. The summed E-state index contributed by atoms with van der Waals surface area (Å²) in [5.74, 6) is 0.480. The Labute approximate surface area is 243 Å². The molecule has 3 aromatic carbocycles. The molecule has 1 heterocycles. The molecule has 188 valence electrons. The monoisotopic (exact) mass is 517 g/mol. The molecular weight excluding hydrogens is 491 g/mol. The molecule has 7 nitrogen and oxygen atoms in total. The number of nitrogens with one attached hydrogen (secondary N) is 1. The number of amides is 1. The average Bonchev–Trinajstić information content (AvgIpc) is 3.85. The number of hydrogen-bond donors (Lipinski definition) is 1. The molecule has 0 radical (unpaired) electrons. The van der Waals surface area contributed by atoms with Crippen molar-refractivity contribution in [2.75, 3.05) is 5.32 Å². The Morgan fingerprint density at radius 1 is 0.868 bits per heavy atom. The molecule has 6 rings (SSSR count). The van der Waals surface area contributed by atoms with Gasteiger partial charge in [0, 0.05) is 5.56 Å². The van der Waals surface area contributed by atoms with Crippen LogP contribution in [0.25, 0.3) is 22.5 Å². The van der Waals surface area contributed by atoms with Crippen LogP contribution in [0.1, 0.15) is 42.5 Å². The minimum Gasteiger partial charge on any atom is -0.870 e. The van der Waals surface area contributed by atoms with Crippen LogP contribution in [0.3, 0.4) is 0 Å². The van der Waals surface area contributed by atoms with Gasteiger partial charge in [-0.25, -0.2) is 4.79 Å². The normalized spacial score (nSPS) is 15.8. The molecule has 2 fully saturated rings. The number of carbonyl (C=O) groups is 1. The second-order valence-corrected chi connectivity index (χ2v) is 9.69. The van der Waals surface area contributed by atoms with Crippen LogP contribution < -0.4 is 34.9 Å². The number of aromatic nitrogens is 1. The molecule has 0 bridgehead atoms. The molecule has 0 atom stereocenters. The van der Waals surface area contributed by atoms with Crippen LogP contribution >= 0.6 is 0 Å². The van der Waals surface area contributed by atoms with Gasteiger partial charge in [0.05, 0.1) is 0 Å². The predicted octanol–water partition coefficient (Wildman–Crippen LogP) is 3.52. The Morgan fingerprint density at radius 3 is 2.00 bits per heavy atom. The number of rotatable bonds is 7. The first-order valence-corrected chi connectivity index (χ1v) is 12.1. The summed E-state index contributed by atoms with van der Waals surface area (Å²) in [5.41, 5.74) is 5.04. The van der Waals surface area contributed by atoms with Gasteiger partial charge in [-0.15, -0.1) is 5.41 Å². The number of anilines is 1. The van der Waals surface area contributed by atoms with Crippen LogP contribution in [0.4, 0.5) is 10.5 Å². The number of benzene rings is 3. The van der Waals surface area contributed by atoms with Crippen LogP contribution in [-0.4, -0.2) is 23.0 Å². The predicted molar refractivity (Wildman–Crippen MR) is 138 cm³/mol. The number of carbonyl (C=O) groups excluding carboxylic acids is 2. The van der Waals surface area contributed by atoms with Gasteiger partial charge in [-0.05, 0) is 36.5 Å².